The number of nitrogens with zero attached hydrogens (tertiary/aromatic N) is 1. The van der Waals surface area contributed by atoms with Crippen LogP contribution >= 0.6 is 7.60 Å². The van der Waals surface area contributed by atoms with Gasteiger partial charge in [0.1, 0.15) is 0 Å². The van der Waals surface area contributed by atoms with Gasteiger partial charge in [0.25, 0.3) is 0 Å². The van der Waals surface area contributed by atoms with E-state index in [1.807, 2.05) is 0 Å². The van der Waals surface area contributed by atoms with Crippen LogP contribution in [-0.4, -0.2) is 40.1 Å². The molecule has 1 saturated carbocycles. The monoisotopic (exact) mass is 293 g/mol. The van der Waals surface area contributed by atoms with E-state index in [1.165, 1.54) is 31.2 Å². The maximum Gasteiger partial charge on any atom is 0.325 e. The minimum Gasteiger partial charge on any atom is -0.324 e. The van der Waals surface area contributed by atoms with Crippen LogP contribution in [-0.2, 0) is 14.2 Å². The lowest BCUT2D eigenvalue weighted by Crippen LogP contribution is -2.32. The first kappa shape index (κ1) is 16.6. The average Bonchev–Trinajstić information content (AvgIpc) is 2.33. The second kappa shape index (κ2) is 8.00. The number of hydroxylamine groups is 2. The van der Waals surface area contributed by atoms with Gasteiger partial charge in [-0.25, -0.2) is 5.06 Å². The molecule has 0 saturated heterocycles. The molecule has 2 N–H and O–H groups in total. The summed E-state index contributed by atoms with van der Waals surface area (Å²) >= 11 is 0. The van der Waals surface area contributed by atoms with Crippen molar-refractivity contribution in [2.24, 2.45) is 5.92 Å². The van der Waals surface area contributed by atoms with Crippen molar-refractivity contribution in [3.8, 4) is 0 Å². The molecular formula is C12H24NO5P. The van der Waals surface area contributed by atoms with E-state index in [1.54, 1.807) is 0 Å². The Hall–Kier alpha value is -0.420. The molecule has 0 aromatic rings. The van der Waals surface area contributed by atoms with Crippen LogP contribution in [0.3, 0.4) is 0 Å². The maximum atomic E-state index is 11.4. The quantitative estimate of drug-likeness (QED) is 0.553. The molecule has 0 radical (unpaired) electrons. The molecule has 1 fully saturated rings. The zero-order valence-electron chi connectivity index (χ0n) is 11.5. The molecule has 19 heavy (non-hydrogen) atoms. The van der Waals surface area contributed by atoms with Crippen LogP contribution in [0.4, 0.5) is 0 Å². The summed E-state index contributed by atoms with van der Waals surface area (Å²) in [6.45, 7) is 2.15. The summed E-state index contributed by atoms with van der Waals surface area (Å²) in [5.74, 6) is 0.277. The predicted molar refractivity (Wildman–Crippen MR) is 71.4 cm³/mol. The minimum atomic E-state index is -3.99. The number of rotatable bonds is 7. The smallest absolute Gasteiger partial charge is 0.324 e. The lowest BCUT2D eigenvalue weighted by atomic mass is 9.90. The summed E-state index contributed by atoms with van der Waals surface area (Å²) in [6.07, 6.45) is 5.99. The fourth-order valence-electron chi connectivity index (χ4n) is 2.28. The van der Waals surface area contributed by atoms with E-state index in [0.29, 0.717) is 12.5 Å². The minimum absolute atomic E-state index is 0.219. The normalized spacial score (nSPS) is 17.4. The van der Waals surface area contributed by atoms with Crippen LogP contribution in [0.25, 0.3) is 0 Å². The second-order valence-electron chi connectivity index (χ2n) is 5.16. The molecule has 1 rings (SSSR count). The SMILES string of the molecule is CC(=O)N(CCCP(=O)(O)O)OCC1CCCCC1. The van der Waals surface area contributed by atoms with Crippen LogP contribution in [0.15, 0.2) is 0 Å². The summed E-state index contributed by atoms with van der Waals surface area (Å²) in [4.78, 5) is 34.4. The van der Waals surface area contributed by atoms with Crippen molar-refractivity contribution < 1.29 is 24.0 Å². The third kappa shape index (κ3) is 7.67. The molecular weight excluding hydrogens is 269 g/mol. The largest absolute Gasteiger partial charge is 0.325 e. The number of hydrogen-bond acceptors (Lipinski definition) is 3. The Morgan fingerprint density at radius 1 is 1.32 bits per heavy atom. The first-order valence-electron chi connectivity index (χ1n) is 6.84. The second-order valence-corrected chi connectivity index (χ2v) is 6.94. The third-order valence-corrected chi connectivity index (χ3v) is 4.25. The third-order valence-electron chi connectivity index (χ3n) is 3.35. The zero-order chi connectivity index (χ0) is 14.3. The van der Waals surface area contributed by atoms with E-state index in [4.69, 9.17) is 14.6 Å². The lowest BCUT2D eigenvalue weighted by molar-refractivity contribution is -0.190. The zero-order valence-corrected chi connectivity index (χ0v) is 12.3. The highest BCUT2D eigenvalue weighted by Crippen LogP contribution is 2.34. The Bertz CT molecular complexity index is 324. The molecule has 0 aliphatic heterocycles. The number of carbonyl (C=O) groups is 1. The summed E-state index contributed by atoms with van der Waals surface area (Å²) < 4.78 is 10.7. The summed E-state index contributed by atoms with van der Waals surface area (Å²) in [6, 6.07) is 0. The molecule has 112 valence electrons. The summed E-state index contributed by atoms with van der Waals surface area (Å²) in [5.41, 5.74) is 0. The van der Waals surface area contributed by atoms with Crippen LogP contribution in [0.2, 0.25) is 0 Å². The van der Waals surface area contributed by atoms with Gasteiger partial charge in [-0.3, -0.25) is 14.2 Å². The standard InChI is InChI=1S/C12H24NO5P/c1-11(14)13(8-5-9-19(15,16)17)18-10-12-6-3-2-4-7-12/h12H,2-10H2,1H3,(H2,15,16,17). The Morgan fingerprint density at radius 3 is 2.47 bits per heavy atom. The highest BCUT2D eigenvalue weighted by atomic mass is 31.2. The number of hydrogen-bond donors (Lipinski definition) is 2. The molecule has 1 aliphatic rings. The van der Waals surface area contributed by atoms with Gasteiger partial charge in [-0.15, -0.1) is 0 Å². The highest BCUT2D eigenvalue weighted by molar-refractivity contribution is 7.51. The van der Waals surface area contributed by atoms with Crippen LogP contribution in [0.1, 0.15) is 45.4 Å². The van der Waals surface area contributed by atoms with E-state index in [-0.39, 0.29) is 25.0 Å². The number of amides is 1. The molecule has 0 spiro atoms. The first-order valence-corrected chi connectivity index (χ1v) is 8.64. The molecule has 0 atom stereocenters. The topological polar surface area (TPSA) is 87.1 Å². The van der Waals surface area contributed by atoms with Crippen molar-refractivity contribution >= 4 is 13.5 Å². The van der Waals surface area contributed by atoms with E-state index in [2.05, 4.69) is 0 Å². The molecule has 0 unspecified atom stereocenters. The molecule has 6 nitrogen and oxygen atoms in total. The molecule has 0 heterocycles. The van der Waals surface area contributed by atoms with Crippen molar-refractivity contribution in [2.75, 3.05) is 19.3 Å². The van der Waals surface area contributed by atoms with Crippen molar-refractivity contribution in [3.05, 3.63) is 0 Å². The van der Waals surface area contributed by atoms with Gasteiger partial charge in [0.2, 0.25) is 5.91 Å². The van der Waals surface area contributed by atoms with Gasteiger partial charge in [-0.1, -0.05) is 19.3 Å². The fraction of sp³-hybridized carbons (Fsp3) is 0.917. The van der Waals surface area contributed by atoms with Crippen molar-refractivity contribution in [1.29, 1.82) is 0 Å². The van der Waals surface area contributed by atoms with Crippen molar-refractivity contribution in [2.45, 2.75) is 45.4 Å². The van der Waals surface area contributed by atoms with Gasteiger partial charge in [0.15, 0.2) is 0 Å². The van der Waals surface area contributed by atoms with E-state index in [0.717, 1.165) is 12.8 Å². The highest BCUT2D eigenvalue weighted by Gasteiger charge is 2.18. The van der Waals surface area contributed by atoms with Crippen LogP contribution < -0.4 is 0 Å². The molecule has 0 aromatic heterocycles. The number of carbonyl (C=O) groups excluding carboxylic acids is 1. The van der Waals surface area contributed by atoms with Gasteiger partial charge in [0, 0.05) is 13.5 Å². The Balaban J connectivity index is 2.27. The van der Waals surface area contributed by atoms with Gasteiger partial charge in [-0.2, -0.15) is 0 Å². The molecule has 0 aromatic carbocycles. The summed E-state index contributed by atoms with van der Waals surface area (Å²) in [5, 5.41) is 1.23. The molecule has 1 aliphatic carbocycles. The van der Waals surface area contributed by atoms with E-state index >= 15 is 0 Å². The maximum absolute atomic E-state index is 11.4. The Kier molecular flexibility index (Phi) is 7.00. The average molecular weight is 293 g/mol. The van der Waals surface area contributed by atoms with E-state index in [9.17, 15) is 9.36 Å². The Morgan fingerprint density at radius 2 is 1.95 bits per heavy atom. The van der Waals surface area contributed by atoms with Gasteiger partial charge < -0.3 is 9.79 Å². The van der Waals surface area contributed by atoms with Gasteiger partial charge >= 0.3 is 7.60 Å². The molecule has 0 bridgehead atoms. The Labute approximate surface area is 114 Å². The fourth-order valence-corrected chi connectivity index (χ4v) is 2.84. The van der Waals surface area contributed by atoms with Crippen LogP contribution in [0.5, 0.6) is 0 Å². The van der Waals surface area contributed by atoms with Crippen molar-refractivity contribution in [3.63, 3.8) is 0 Å². The van der Waals surface area contributed by atoms with Crippen LogP contribution in [0, 0.1) is 5.92 Å². The van der Waals surface area contributed by atoms with E-state index < -0.39 is 7.60 Å². The first-order chi connectivity index (χ1) is 8.88. The predicted octanol–water partition coefficient (Wildman–Crippen LogP) is 1.91. The van der Waals surface area contributed by atoms with Crippen molar-refractivity contribution in [1.82, 2.24) is 5.06 Å². The summed E-state index contributed by atoms with van der Waals surface area (Å²) in [7, 11) is -3.99. The van der Waals surface area contributed by atoms with Gasteiger partial charge in [-0.05, 0) is 25.2 Å². The molecule has 7 heteroatoms. The van der Waals surface area contributed by atoms with Gasteiger partial charge in [0.05, 0.1) is 12.8 Å². The molecule has 1 amide bonds. The lowest BCUT2D eigenvalue weighted by Gasteiger charge is -2.26.